The maximum Gasteiger partial charge on any atom is 0.321 e. The molecule has 106 valence electrons. The van der Waals surface area contributed by atoms with Gasteiger partial charge in [0, 0.05) is 12.7 Å². The van der Waals surface area contributed by atoms with Crippen LogP contribution in [0.5, 0.6) is 0 Å². The highest BCUT2D eigenvalue weighted by Crippen LogP contribution is 2.17. The normalized spacial score (nSPS) is 11.9. The zero-order valence-corrected chi connectivity index (χ0v) is 11.5. The van der Waals surface area contributed by atoms with Crippen molar-refractivity contribution in [3.63, 3.8) is 0 Å². The molecule has 0 aliphatic heterocycles. The number of benzene rings is 1. The van der Waals surface area contributed by atoms with Crippen molar-refractivity contribution >= 4 is 11.7 Å². The van der Waals surface area contributed by atoms with Gasteiger partial charge in [-0.3, -0.25) is 0 Å². The largest absolute Gasteiger partial charge is 0.467 e. The molecule has 0 saturated heterocycles. The molecule has 2 amide bonds. The van der Waals surface area contributed by atoms with E-state index in [2.05, 4.69) is 5.32 Å². The van der Waals surface area contributed by atoms with E-state index in [4.69, 9.17) is 4.42 Å². The van der Waals surface area contributed by atoms with Gasteiger partial charge in [0.25, 0.3) is 0 Å². The van der Waals surface area contributed by atoms with Crippen molar-refractivity contribution in [1.29, 1.82) is 0 Å². The topological polar surface area (TPSA) is 65.7 Å². The molecule has 2 N–H and O–H groups in total. The SMILES string of the molecule is CC(O)c1cccc(NC(=O)N(C)Cc2ccco2)c1. The summed E-state index contributed by atoms with van der Waals surface area (Å²) < 4.78 is 5.20. The Morgan fingerprint density at radius 2 is 2.20 bits per heavy atom. The predicted octanol–water partition coefficient (Wildman–Crippen LogP) is 3.00. The second-order valence-electron chi connectivity index (χ2n) is 4.67. The van der Waals surface area contributed by atoms with Gasteiger partial charge in [-0.25, -0.2) is 4.79 Å². The minimum absolute atomic E-state index is 0.232. The van der Waals surface area contributed by atoms with Crippen molar-refractivity contribution in [2.75, 3.05) is 12.4 Å². The molecule has 0 aliphatic carbocycles. The maximum absolute atomic E-state index is 12.0. The van der Waals surface area contributed by atoms with Gasteiger partial charge in [-0.15, -0.1) is 0 Å². The van der Waals surface area contributed by atoms with Crippen LogP contribution in [-0.2, 0) is 6.54 Å². The lowest BCUT2D eigenvalue weighted by atomic mass is 10.1. The molecular weight excluding hydrogens is 256 g/mol. The van der Waals surface area contributed by atoms with E-state index in [1.807, 2.05) is 12.1 Å². The minimum atomic E-state index is -0.562. The fourth-order valence-corrected chi connectivity index (χ4v) is 1.80. The van der Waals surface area contributed by atoms with Gasteiger partial charge in [0.15, 0.2) is 0 Å². The lowest BCUT2D eigenvalue weighted by molar-refractivity contribution is 0.199. The second-order valence-corrected chi connectivity index (χ2v) is 4.67. The van der Waals surface area contributed by atoms with Crippen molar-refractivity contribution in [2.45, 2.75) is 19.6 Å². The Morgan fingerprint density at radius 3 is 2.85 bits per heavy atom. The van der Waals surface area contributed by atoms with Crippen molar-refractivity contribution in [3.05, 3.63) is 54.0 Å². The van der Waals surface area contributed by atoms with E-state index in [-0.39, 0.29) is 6.03 Å². The molecule has 1 heterocycles. The van der Waals surface area contributed by atoms with Crippen LogP contribution in [0.15, 0.2) is 47.1 Å². The first-order valence-electron chi connectivity index (χ1n) is 6.39. The number of carbonyl (C=O) groups excluding carboxylic acids is 1. The second kappa shape index (κ2) is 6.25. The lowest BCUT2D eigenvalue weighted by Gasteiger charge is -2.17. The number of aliphatic hydroxyl groups is 1. The molecule has 0 spiro atoms. The van der Waals surface area contributed by atoms with E-state index in [0.29, 0.717) is 12.2 Å². The van der Waals surface area contributed by atoms with Gasteiger partial charge >= 0.3 is 6.03 Å². The molecule has 1 atom stereocenters. The molecule has 5 heteroatoms. The van der Waals surface area contributed by atoms with Crippen LogP contribution in [0.3, 0.4) is 0 Å². The summed E-state index contributed by atoms with van der Waals surface area (Å²) >= 11 is 0. The van der Waals surface area contributed by atoms with E-state index < -0.39 is 6.10 Å². The van der Waals surface area contributed by atoms with E-state index in [1.165, 1.54) is 4.90 Å². The van der Waals surface area contributed by atoms with Crippen LogP contribution in [0, 0.1) is 0 Å². The summed E-state index contributed by atoms with van der Waals surface area (Å²) in [7, 11) is 1.69. The van der Waals surface area contributed by atoms with Crippen LogP contribution in [0.4, 0.5) is 10.5 Å². The van der Waals surface area contributed by atoms with Crippen molar-refractivity contribution in [1.82, 2.24) is 4.90 Å². The third-order valence-corrected chi connectivity index (χ3v) is 2.94. The summed E-state index contributed by atoms with van der Waals surface area (Å²) in [4.78, 5) is 13.6. The molecule has 0 radical (unpaired) electrons. The first-order chi connectivity index (χ1) is 9.56. The standard InChI is InChI=1S/C15H18N2O3/c1-11(18)12-5-3-6-13(9-12)16-15(19)17(2)10-14-7-4-8-20-14/h3-9,11,18H,10H2,1-2H3,(H,16,19). The molecule has 2 aromatic rings. The van der Waals surface area contributed by atoms with Crippen LogP contribution in [0.2, 0.25) is 0 Å². The van der Waals surface area contributed by atoms with Gasteiger partial charge < -0.3 is 19.7 Å². The summed E-state index contributed by atoms with van der Waals surface area (Å²) in [6.45, 7) is 2.08. The maximum atomic E-state index is 12.0. The molecule has 5 nitrogen and oxygen atoms in total. The highest BCUT2D eigenvalue weighted by atomic mass is 16.3. The highest BCUT2D eigenvalue weighted by molar-refractivity contribution is 5.89. The number of rotatable bonds is 4. The summed E-state index contributed by atoms with van der Waals surface area (Å²) in [5.41, 5.74) is 1.41. The number of urea groups is 1. The zero-order chi connectivity index (χ0) is 14.5. The average Bonchev–Trinajstić information content (AvgIpc) is 2.91. The van der Waals surface area contributed by atoms with Gasteiger partial charge in [-0.1, -0.05) is 12.1 Å². The number of nitrogens with one attached hydrogen (secondary N) is 1. The molecule has 1 unspecified atom stereocenters. The van der Waals surface area contributed by atoms with Crippen LogP contribution >= 0.6 is 0 Å². The number of carbonyl (C=O) groups is 1. The van der Waals surface area contributed by atoms with Crippen molar-refractivity contribution < 1.29 is 14.3 Å². The van der Waals surface area contributed by atoms with Crippen molar-refractivity contribution in [2.24, 2.45) is 0 Å². The summed E-state index contributed by atoms with van der Waals surface area (Å²) in [6.07, 6.45) is 1.01. The first-order valence-corrected chi connectivity index (χ1v) is 6.39. The minimum Gasteiger partial charge on any atom is -0.467 e. The Hall–Kier alpha value is -2.27. The molecule has 20 heavy (non-hydrogen) atoms. The molecule has 1 aromatic heterocycles. The number of furan rings is 1. The van der Waals surface area contributed by atoms with E-state index >= 15 is 0 Å². The number of hydrogen-bond acceptors (Lipinski definition) is 3. The van der Waals surface area contributed by atoms with Crippen LogP contribution in [0.1, 0.15) is 24.4 Å². The van der Waals surface area contributed by atoms with Gasteiger partial charge in [0.1, 0.15) is 5.76 Å². The Bertz CT molecular complexity index is 564. The summed E-state index contributed by atoms with van der Waals surface area (Å²) in [5, 5.41) is 12.3. The number of amides is 2. The summed E-state index contributed by atoms with van der Waals surface area (Å²) in [6, 6.07) is 10.5. The average molecular weight is 274 g/mol. The number of nitrogens with zero attached hydrogens (tertiary/aromatic N) is 1. The summed E-state index contributed by atoms with van der Waals surface area (Å²) in [5.74, 6) is 0.723. The fraction of sp³-hybridized carbons (Fsp3) is 0.267. The number of aliphatic hydroxyl groups excluding tert-OH is 1. The Labute approximate surface area is 117 Å². The number of anilines is 1. The Kier molecular flexibility index (Phi) is 4.42. The molecular formula is C15H18N2O3. The quantitative estimate of drug-likeness (QED) is 0.900. The van der Waals surface area contributed by atoms with E-state index in [1.54, 1.807) is 44.5 Å². The van der Waals surface area contributed by atoms with E-state index in [9.17, 15) is 9.90 Å². The van der Waals surface area contributed by atoms with Crippen LogP contribution in [0.25, 0.3) is 0 Å². The van der Waals surface area contributed by atoms with Crippen LogP contribution in [-0.4, -0.2) is 23.1 Å². The van der Waals surface area contributed by atoms with Crippen molar-refractivity contribution in [3.8, 4) is 0 Å². The molecule has 0 saturated carbocycles. The third-order valence-electron chi connectivity index (χ3n) is 2.94. The molecule has 2 rings (SSSR count). The lowest BCUT2D eigenvalue weighted by Crippen LogP contribution is -2.30. The number of hydrogen-bond donors (Lipinski definition) is 2. The monoisotopic (exact) mass is 274 g/mol. The van der Waals surface area contributed by atoms with Gasteiger partial charge in [0.05, 0.1) is 18.9 Å². The van der Waals surface area contributed by atoms with Gasteiger partial charge in [-0.2, -0.15) is 0 Å². The van der Waals surface area contributed by atoms with Crippen LogP contribution < -0.4 is 5.32 Å². The predicted molar refractivity (Wildman–Crippen MR) is 76.3 cm³/mol. The molecule has 1 aromatic carbocycles. The Balaban J connectivity index is 1.98. The molecule has 0 bridgehead atoms. The molecule has 0 aliphatic rings. The van der Waals surface area contributed by atoms with Gasteiger partial charge in [0.2, 0.25) is 0 Å². The van der Waals surface area contributed by atoms with E-state index in [0.717, 1.165) is 11.3 Å². The fourth-order valence-electron chi connectivity index (χ4n) is 1.80. The zero-order valence-electron chi connectivity index (χ0n) is 11.5. The first kappa shape index (κ1) is 14.1. The Morgan fingerprint density at radius 1 is 1.40 bits per heavy atom. The highest BCUT2D eigenvalue weighted by Gasteiger charge is 2.11. The third kappa shape index (κ3) is 3.61. The molecule has 0 fully saturated rings. The van der Waals surface area contributed by atoms with Gasteiger partial charge in [-0.05, 0) is 36.8 Å². The smallest absolute Gasteiger partial charge is 0.321 e.